The summed E-state index contributed by atoms with van der Waals surface area (Å²) in [6.45, 7) is 3.10. The van der Waals surface area contributed by atoms with Crippen LogP contribution in [0.4, 0.5) is 26.3 Å². The van der Waals surface area contributed by atoms with Crippen LogP contribution in [0.15, 0.2) is 0 Å². The molecule has 0 radical (unpaired) electrons. The fourth-order valence-corrected chi connectivity index (χ4v) is 2.40. The third kappa shape index (κ3) is 2.88. The van der Waals surface area contributed by atoms with Gasteiger partial charge in [-0.05, 0) is 12.8 Å². The lowest BCUT2D eigenvalue weighted by atomic mass is 9.61. The molecule has 0 aromatic rings. The second-order valence-electron chi connectivity index (χ2n) is 4.58. The molecule has 1 rings (SSSR count). The van der Waals surface area contributed by atoms with Crippen LogP contribution in [0.2, 0.25) is 0 Å². The number of ketones is 1. The van der Waals surface area contributed by atoms with Crippen molar-refractivity contribution in [3.05, 3.63) is 0 Å². The van der Waals surface area contributed by atoms with Crippen molar-refractivity contribution in [2.75, 3.05) is 0 Å². The lowest BCUT2D eigenvalue weighted by Crippen LogP contribution is -2.59. The van der Waals surface area contributed by atoms with Gasteiger partial charge in [-0.2, -0.15) is 26.3 Å². The molecule has 112 valence electrons. The zero-order valence-electron chi connectivity index (χ0n) is 10.4. The number of carbonyl (C=O) groups excluding carboxylic acids is 1. The summed E-state index contributed by atoms with van der Waals surface area (Å²) >= 11 is 0. The van der Waals surface area contributed by atoms with Gasteiger partial charge in [0.05, 0.1) is 11.5 Å². The number of rotatable bonds is 4. The summed E-state index contributed by atoms with van der Waals surface area (Å²) in [5, 5.41) is 0. The number of alkyl halides is 6. The Morgan fingerprint density at radius 2 is 1.58 bits per heavy atom. The maximum atomic E-state index is 12.4. The Kier molecular flexibility index (Phi) is 4.24. The molecule has 1 aliphatic rings. The van der Waals surface area contributed by atoms with E-state index in [0.717, 1.165) is 0 Å². The second-order valence-corrected chi connectivity index (χ2v) is 4.58. The maximum Gasteiger partial charge on any atom is 0.423 e. The molecule has 0 aromatic carbocycles. The minimum Gasteiger partial charge on any atom is -0.356 e. The molecular weight excluding hydrogens is 278 g/mol. The average Bonchev–Trinajstić information content (AvgIpc) is 2.22. The van der Waals surface area contributed by atoms with Gasteiger partial charge in [-0.3, -0.25) is 4.79 Å². The Labute approximate surface area is 106 Å². The molecule has 0 aliphatic heterocycles. The minimum absolute atomic E-state index is 0.162. The summed E-state index contributed by atoms with van der Waals surface area (Å²) in [5.41, 5.74) is -1.21. The largest absolute Gasteiger partial charge is 0.423 e. The van der Waals surface area contributed by atoms with E-state index in [0.29, 0.717) is 0 Å². The van der Waals surface area contributed by atoms with Gasteiger partial charge in [0.15, 0.2) is 0 Å². The van der Waals surface area contributed by atoms with Crippen molar-refractivity contribution in [3.8, 4) is 0 Å². The Balaban J connectivity index is 2.91. The van der Waals surface area contributed by atoms with Crippen LogP contribution < -0.4 is 0 Å². The van der Waals surface area contributed by atoms with E-state index in [1.165, 1.54) is 0 Å². The van der Waals surface area contributed by atoms with E-state index in [-0.39, 0.29) is 18.6 Å². The Bertz CT molecular complexity index is 328. The van der Waals surface area contributed by atoms with E-state index in [9.17, 15) is 31.1 Å². The van der Waals surface area contributed by atoms with Crippen LogP contribution in [0.3, 0.4) is 0 Å². The van der Waals surface area contributed by atoms with Crippen molar-refractivity contribution in [2.24, 2.45) is 5.41 Å². The summed E-state index contributed by atoms with van der Waals surface area (Å²) in [4.78, 5) is 11.5. The monoisotopic (exact) mass is 292 g/mol. The molecule has 0 heterocycles. The first kappa shape index (κ1) is 16.3. The second kappa shape index (κ2) is 4.96. The van der Waals surface area contributed by atoms with E-state index in [2.05, 4.69) is 4.74 Å². The molecule has 0 N–H and O–H groups in total. The highest BCUT2D eigenvalue weighted by molar-refractivity contribution is 5.92. The number of carbonyl (C=O) groups is 1. The maximum absolute atomic E-state index is 12.4. The molecule has 0 aromatic heterocycles. The van der Waals surface area contributed by atoms with Gasteiger partial charge in [-0.15, -0.1) is 0 Å². The molecule has 2 nitrogen and oxygen atoms in total. The molecule has 0 saturated heterocycles. The number of ether oxygens (including phenoxy) is 1. The summed E-state index contributed by atoms with van der Waals surface area (Å²) in [5.74, 6) is -0.342. The Morgan fingerprint density at radius 1 is 1.16 bits per heavy atom. The van der Waals surface area contributed by atoms with Crippen LogP contribution >= 0.6 is 0 Å². The Morgan fingerprint density at radius 3 is 1.84 bits per heavy atom. The van der Waals surface area contributed by atoms with Gasteiger partial charge in [-0.25, -0.2) is 0 Å². The molecule has 8 heteroatoms. The van der Waals surface area contributed by atoms with Crippen LogP contribution in [0, 0.1) is 5.41 Å². The molecule has 1 aliphatic carbocycles. The number of Topliss-reactive ketones (excluding diaryl/α,β-unsaturated/α-hetero) is 1. The first-order valence-corrected chi connectivity index (χ1v) is 5.81. The predicted octanol–water partition coefficient (Wildman–Crippen LogP) is 3.64. The van der Waals surface area contributed by atoms with E-state index in [1.54, 1.807) is 13.8 Å². The first-order valence-electron chi connectivity index (χ1n) is 5.81. The summed E-state index contributed by atoms with van der Waals surface area (Å²) < 4.78 is 78.4. The molecular formula is C11H14F6O2. The number of halogens is 6. The fourth-order valence-electron chi connectivity index (χ4n) is 2.40. The lowest BCUT2D eigenvalue weighted by molar-refractivity contribution is -0.341. The normalized spacial score (nSPS) is 23.6. The quantitative estimate of drug-likeness (QED) is 0.739. The molecule has 1 saturated carbocycles. The summed E-state index contributed by atoms with van der Waals surface area (Å²) in [7, 11) is 0. The smallest absolute Gasteiger partial charge is 0.356 e. The Hall–Kier alpha value is -0.790. The summed E-state index contributed by atoms with van der Waals surface area (Å²) in [6.07, 6.45) is -16.3. The highest BCUT2D eigenvalue weighted by Crippen LogP contribution is 2.48. The minimum atomic E-state index is -5.54. The van der Waals surface area contributed by atoms with Crippen molar-refractivity contribution in [2.45, 2.75) is 57.7 Å². The molecule has 1 fully saturated rings. The van der Waals surface area contributed by atoms with Crippen molar-refractivity contribution >= 4 is 5.78 Å². The average molecular weight is 292 g/mol. The first-order chi connectivity index (χ1) is 8.49. The van der Waals surface area contributed by atoms with Gasteiger partial charge in [0.25, 0.3) is 0 Å². The molecule has 1 atom stereocenters. The van der Waals surface area contributed by atoms with Gasteiger partial charge in [0, 0.05) is 6.42 Å². The third-order valence-corrected chi connectivity index (χ3v) is 3.70. The van der Waals surface area contributed by atoms with E-state index < -0.39 is 36.4 Å². The lowest BCUT2D eigenvalue weighted by Gasteiger charge is -2.48. The van der Waals surface area contributed by atoms with E-state index >= 15 is 0 Å². The van der Waals surface area contributed by atoms with Gasteiger partial charge < -0.3 is 4.74 Å². The zero-order chi connectivity index (χ0) is 15.1. The molecule has 0 bridgehead atoms. The van der Waals surface area contributed by atoms with E-state index in [4.69, 9.17) is 0 Å². The van der Waals surface area contributed by atoms with Gasteiger partial charge in [-0.1, -0.05) is 13.8 Å². The topological polar surface area (TPSA) is 26.3 Å². The van der Waals surface area contributed by atoms with Gasteiger partial charge in [0.2, 0.25) is 6.10 Å². The van der Waals surface area contributed by atoms with Crippen molar-refractivity contribution < 1.29 is 35.9 Å². The third-order valence-electron chi connectivity index (χ3n) is 3.70. The summed E-state index contributed by atoms with van der Waals surface area (Å²) in [6, 6.07) is 0. The van der Waals surface area contributed by atoms with Crippen molar-refractivity contribution in [3.63, 3.8) is 0 Å². The number of hydrogen-bond acceptors (Lipinski definition) is 2. The van der Waals surface area contributed by atoms with Gasteiger partial charge >= 0.3 is 12.4 Å². The van der Waals surface area contributed by atoms with Crippen LogP contribution in [-0.2, 0) is 9.53 Å². The van der Waals surface area contributed by atoms with Crippen LogP contribution in [0.1, 0.15) is 33.1 Å². The molecule has 0 spiro atoms. The zero-order valence-corrected chi connectivity index (χ0v) is 10.4. The highest BCUT2D eigenvalue weighted by atomic mass is 19.4. The molecule has 19 heavy (non-hydrogen) atoms. The standard InChI is InChI=1S/C11H14F6O2/c1-3-9(4-2)6(18)5-7(9)19-8(10(12,13)14)11(15,16)17/h7-8H,3-5H2,1-2H3. The van der Waals surface area contributed by atoms with Crippen LogP contribution in [0.5, 0.6) is 0 Å². The van der Waals surface area contributed by atoms with E-state index in [1.807, 2.05) is 0 Å². The fraction of sp³-hybridized carbons (Fsp3) is 0.909. The van der Waals surface area contributed by atoms with Gasteiger partial charge in [0.1, 0.15) is 5.78 Å². The van der Waals surface area contributed by atoms with Crippen LogP contribution in [-0.4, -0.2) is 30.3 Å². The predicted molar refractivity (Wildman–Crippen MR) is 53.4 cm³/mol. The van der Waals surface area contributed by atoms with Crippen molar-refractivity contribution in [1.29, 1.82) is 0 Å². The number of hydrogen-bond donors (Lipinski definition) is 0. The van der Waals surface area contributed by atoms with Crippen molar-refractivity contribution in [1.82, 2.24) is 0 Å². The SMILES string of the molecule is CCC1(CC)C(=O)CC1OC(C(F)(F)F)C(F)(F)F. The highest BCUT2D eigenvalue weighted by Gasteiger charge is 2.63. The molecule has 1 unspecified atom stereocenters. The molecule has 0 amide bonds. The van der Waals surface area contributed by atoms with Crippen LogP contribution in [0.25, 0.3) is 0 Å².